The highest BCUT2D eigenvalue weighted by molar-refractivity contribution is 6.30. The van der Waals surface area contributed by atoms with Gasteiger partial charge in [0.25, 0.3) is 12.4 Å². The molecule has 3 rings (SSSR count). The van der Waals surface area contributed by atoms with E-state index < -0.39 is 65.4 Å². The molecule has 2 N–H and O–H groups in total. The van der Waals surface area contributed by atoms with Gasteiger partial charge < -0.3 is 10.5 Å². The highest BCUT2D eigenvalue weighted by Crippen LogP contribution is 2.42. The summed E-state index contributed by atoms with van der Waals surface area (Å²) in [4.78, 5) is 23.4. The Kier molecular flexibility index (Phi) is 6.36. The normalized spacial score (nSPS) is 21.3. The van der Waals surface area contributed by atoms with Crippen molar-refractivity contribution in [2.45, 2.75) is 44.0 Å². The van der Waals surface area contributed by atoms with Gasteiger partial charge in [0.2, 0.25) is 0 Å². The third kappa shape index (κ3) is 4.95. The van der Waals surface area contributed by atoms with E-state index in [0.717, 1.165) is 24.5 Å². The molecule has 0 aliphatic carbocycles. The van der Waals surface area contributed by atoms with E-state index >= 15 is 0 Å². The van der Waals surface area contributed by atoms with Crippen molar-refractivity contribution < 1.29 is 35.9 Å². The summed E-state index contributed by atoms with van der Waals surface area (Å²) < 4.78 is 84.1. The summed E-state index contributed by atoms with van der Waals surface area (Å²) >= 11 is 5.92. The summed E-state index contributed by atoms with van der Waals surface area (Å²) in [5.74, 6) is -1.67. The topological polar surface area (TPSA) is 90.5 Å². The van der Waals surface area contributed by atoms with Crippen LogP contribution in [0.4, 0.5) is 26.3 Å². The van der Waals surface area contributed by atoms with Gasteiger partial charge in [-0.25, -0.2) is 23.1 Å². The number of aromatic nitrogens is 2. The van der Waals surface area contributed by atoms with Gasteiger partial charge in [-0.1, -0.05) is 11.6 Å². The van der Waals surface area contributed by atoms with E-state index in [-0.39, 0.29) is 16.8 Å². The number of alkyl halides is 5. The molecule has 0 saturated carbocycles. The van der Waals surface area contributed by atoms with Gasteiger partial charge in [-0.05, 0) is 24.6 Å². The first-order valence-corrected chi connectivity index (χ1v) is 9.38. The Morgan fingerprint density at radius 2 is 2.00 bits per heavy atom. The zero-order chi connectivity index (χ0) is 23.8. The van der Waals surface area contributed by atoms with Gasteiger partial charge in [0.05, 0.1) is 23.0 Å². The van der Waals surface area contributed by atoms with Crippen LogP contribution in [0.25, 0.3) is 0 Å². The Morgan fingerprint density at radius 1 is 1.31 bits per heavy atom. The van der Waals surface area contributed by atoms with Crippen molar-refractivity contribution in [2.24, 2.45) is 10.7 Å². The molecule has 0 radical (unpaired) electrons. The minimum absolute atomic E-state index is 0.140. The molecule has 1 aliphatic rings. The lowest BCUT2D eigenvalue weighted by molar-refractivity contribution is -0.208. The van der Waals surface area contributed by atoms with Crippen LogP contribution in [-0.4, -0.2) is 34.1 Å². The number of halogens is 7. The molecule has 0 fully saturated rings. The second kappa shape index (κ2) is 8.57. The molecule has 2 heterocycles. The Balaban J connectivity index is 1.94. The van der Waals surface area contributed by atoms with E-state index in [0.29, 0.717) is 0 Å². The average Bonchev–Trinajstić information content (AvgIpc) is 2.69. The van der Waals surface area contributed by atoms with E-state index in [4.69, 9.17) is 17.3 Å². The Hall–Kier alpha value is -2.89. The van der Waals surface area contributed by atoms with Gasteiger partial charge in [0.15, 0.2) is 11.9 Å². The van der Waals surface area contributed by atoms with Crippen molar-refractivity contribution >= 4 is 23.4 Å². The minimum atomic E-state index is -4.78. The number of aliphatic imine (C=N–C) groups is 1. The number of carbonyl (C=O) groups excluding carboxylic acids is 1. The molecule has 0 spiro atoms. The summed E-state index contributed by atoms with van der Waals surface area (Å²) in [6.45, 7) is 1.23. The van der Waals surface area contributed by atoms with Crippen LogP contribution in [0.3, 0.4) is 0 Å². The standard InChI is InChI=1S/C19H15ClF6N4O2/c1-18(5-14(19(24,25)26)32-17(27)30-18)9-2-8(3-10(20)15(9)21)4-13(31)11-6-29-12(7-28-11)16(22)23/h2-3,6-7,14,16H,4-5H2,1H3,(H2,27,30)/t14-,18-/m0/s1. The average molecular weight is 481 g/mol. The number of nitrogens with zero attached hydrogens (tertiary/aromatic N) is 3. The van der Waals surface area contributed by atoms with Gasteiger partial charge in [0, 0.05) is 18.4 Å². The lowest BCUT2D eigenvalue weighted by Gasteiger charge is -2.36. The maximum Gasteiger partial charge on any atom is 0.425 e. The summed E-state index contributed by atoms with van der Waals surface area (Å²) in [6.07, 6.45) is -9.52. The van der Waals surface area contributed by atoms with E-state index in [1.807, 2.05) is 0 Å². The maximum absolute atomic E-state index is 14.8. The lowest BCUT2D eigenvalue weighted by Crippen LogP contribution is -2.46. The van der Waals surface area contributed by atoms with Crippen molar-refractivity contribution in [3.05, 3.63) is 57.9 Å². The van der Waals surface area contributed by atoms with Crippen LogP contribution >= 0.6 is 11.6 Å². The second-order valence-electron chi connectivity index (χ2n) is 7.24. The predicted octanol–water partition coefficient (Wildman–Crippen LogP) is 4.51. The van der Waals surface area contributed by atoms with Crippen molar-refractivity contribution in [3.8, 4) is 0 Å². The number of carbonyl (C=O) groups is 1. The number of ether oxygens (including phenoxy) is 1. The van der Waals surface area contributed by atoms with Crippen LogP contribution in [0, 0.1) is 5.82 Å². The van der Waals surface area contributed by atoms with Crippen LogP contribution in [0.2, 0.25) is 5.02 Å². The first-order chi connectivity index (χ1) is 14.8. The molecular formula is C19H15ClF6N4O2. The number of Topliss-reactive ketones (excluding diaryl/α,β-unsaturated/α-hetero) is 1. The van der Waals surface area contributed by atoms with Crippen LogP contribution in [0.15, 0.2) is 29.5 Å². The molecule has 1 aromatic carbocycles. The zero-order valence-electron chi connectivity index (χ0n) is 16.3. The molecule has 0 saturated heterocycles. The zero-order valence-corrected chi connectivity index (χ0v) is 17.0. The first kappa shape index (κ1) is 23.8. The highest BCUT2D eigenvalue weighted by atomic mass is 35.5. The van der Waals surface area contributed by atoms with Crippen LogP contribution in [0.1, 0.15) is 47.1 Å². The third-order valence-corrected chi connectivity index (χ3v) is 5.06. The molecule has 172 valence electrons. The fourth-order valence-electron chi connectivity index (χ4n) is 3.23. The third-order valence-electron chi connectivity index (χ3n) is 4.78. The largest absolute Gasteiger partial charge is 0.452 e. The Morgan fingerprint density at radius 3 is 2.56 bits per heavy atom. The molecule has 0 amide bonds. The van der Waals surface area contributed by atoms with E-state index in [9.17, 15) is 31.1 Å². The van der Waals surface area contributed by atoms with E-state index in [1.165, 1.54) is 6.92 Å². The van der Waals surface area contributed by atoms with Gasteiger partial charge in [0.1, 0.15) is 17.2 Å². The number of hydrogen-bond donors (Lipinski definition) is 1. The van der Waals surface area contributed by atoms with Gasteiger partial charge >= 0.3 is 6.18 Å². The molecule has 2 atom stereocenters. The quantitative estimate of drug-likeness (QED) is 0.502. The molecule has 1 aromatic heterocycles. The van der Waals surface area contributed by atoms with E-state index in [2.05, 4.69) is 19.7 Å². The van der Waals surface area contributed by atoms with Crippen molar-refractivity contribution in [3.63, 3.8) is 0 Å². The van der Waals surface area contributed by atoms with Crippen molar-refractivity contribution in [1.82, 2.24) is 9.97 Å². The predicted molar refractivity (Wildman–Crippen MR) is 101 cm³/mol. The summed E-state index contributed by atoms with van der Waals surface area (Å²) in [6, 6.07) is 1.50. The maximum atomic E-state index is 14.8. The lowest BCUT2D eigenvalue weighted by atomic mass is 9.84. The fraction of sp³-hybridized carbons (Fsp3) is 0.368. The van der Waals surface area contributed by atoms with Crippen LogP contribution in [0.5, 0.6) is 0 Å². The molecule has 6 nitrogen and oxygen atoms in total. The monoisotopic (exact) mass is 480 g/mol. The number of amidine groups is 1. The summed E-state index contributed by atoms with van der Waals surface area (Å²) in [7, 11) is 0. The Labute approximate surface area is 182 Å². The van der Waals surface area contributed by atoms with Crippen molar-refractivity contribution in [2.75, 3.05) is 0 Å². The summed E-state index contributed by atoms with van der Waals surface area (Å²) in [5, 5.41) is -0.450. The van der Waals surface area contributed by atoms with Gasteiger partial charge in [-0.3, -0.25) is 9.78 Å². The molecule has 2 aromatic rings. The van der Waals surface area contributed by atoms with Crippen molar-refractivity contribution in [1.29, 1.82) is 0 Å². The minimum Gasteiger partial charge on any atom is -0.452 e. The highest BCUT2D eigenvalue weighted by Gasteiger charge is 2.50. The summed E-state index contributed by atoms with van der Waals surface area (Å²) in [5.41, 5.74) is 2.60. The second-order valence-corrected chi connectivity index (χ2v) is 7.65. The number of nitrogens with two attached hydrogens (primary N) is 1. The molecule has 0 bridgehead atoms. The molecule has 13 heteroatoms. The molecule has 32 heavy (non-hydrogen) atoms. The number of hydrogen-bond acceptors (Lipinski definition) is 6. The molecular weight excluding hydrogens is 466 g/mol. The number of rotatable bonds is 5. The molecule has 0 unspecified atom stereocenters. The van der Waals surface area contributed by atoms with Crippen LogP contribution < -0.4 is 5.73 Å². The van der Waals surface area contributed by atoms with Crippen LogP contribution in [-0.2, 0) is 16.7 Å². The van der Waals surface area contributed by atoms with E-state index in [1.54, 1.807) is 0 Å². The Bertz CT molecular complexity index is 1060. The number of benzene rings is 1. The van der Waals surface area contributed by atoms with Gasteiger partial charge in [-0.15, -0.1) is 0 Å². The smallest absolute Gasteiger partial charge is 0.425 e. The van der Waals surface area contributed by atoms with Gasteiger partial charge in [-0.2, -0.15) is 13.2 Å². The number of ketones is 1. The fourth-order valence-corrected chi connectivity index (χ4v) is 3.47. The SMILES string of the molecule is C[C@@]1(c2cc(CC(=O)c3cnc(C(F)F)cn3)cc(Cl)c2F)C[C@@H](C(F)(F)F)OC(N)=N1. The first-order valence-electron chi connectivity index (χ1n) is 9.00. The molecule has 1 aliphatic heterocycles.